The fourth-order valence-corrected chi connectivity index (χ4v) is 2.48. The molecule has 0 aliphatic heterocycles. The topological polar surface area (TPSA) is 80.8 Å². The monoisotopic (exact) mass is 332 g/mol. The summed E-state index contributed by atoms with van der Waals surface area (Å²) < 4.78 is 7.35. The van der Waals surface area contributed by atoms with Crippen LogP contribution in [0.25, 0.3) is 5.69 Å². The highest BCUT2D eigenvalue weighted by atomic mass is 16.5. The second kappa shape index (κ2) is 6.97. The van der Waals surface area contributed by atoms with Crippen LogP contribution in [0, 0.1) is 18.3 Å². The molecule has 0 unspecified atom stereocenters. The zero-order chi connectivity index (χ0) is 17.8. The Labute approximate surface area is 145 Å². The molecule has 0 spiro atoms. The van der Waals surface area contributed by atoms with E-state index in [-0.39, 0.29) is 5.69 Å². The Balaban J connectivity index is 1.79. The van der Waals surface area contributed by atoms with Gasteiger partial charge in [0.25, 0.3) is 0 Å². The van der Waals surface area contributed by atoms with Crippen LogP contribution < -0.4 is 0 Å². The van der Waals surface area contributed by atoms with Gasteiger partial charge in [0.2, 0.25) is 0 Å². The van der Waals surface area contributed by atoms with Crippen LogP contribution in [-0.4, -0.2) is 20.5 Å². The molecule has 0 N–H and O–H groups in total. The number of ether oxygens (including phenoxy) is 1. The molecule has 0 saturated carbocycles. The molecule has 124 valence electrons. The summed E-state index contributed by atoms with van der Waals surface area (Å²) in [6.07, 6.45) is 4.58. The third-order valence-corrected chi connectivity index (χ3v) is 3.83. The molecule has 0 aliphatic rings. The zero-order valence-corrected chi connectivity index (χ0v) is 13.9. The normalized spacial score (nSPS) is 11.6. The Morgan fingerprint density at radius 1 is 1.24 bits per heavy atom. The van der Waals surface area contributed by atoms with Gasteiger partial charge in [0.15, 0.2) is 0 Å². The molecule has 0 bridgehead atoms. The molecule has 3 aromatic rings. The molecule has 6 nitrogen and oxygen atoms in total. The first-order valence-electron chi connectivity index (χ1n) is 7.76. The third-order valence-electron chi connectivity index (χ3n) is 3.83. The maximum atomic E-state index is 12.4. The summed E-state index contributed by atoms with van der Waals surface area (Å²) in [6, 6.07) is 12.5. The number of carbonyl (C=O) groups excluding carboxylic acids is 1. The van der Waals surface area contributed by atoms with Gasteiger partial charge < -0.3 is 9.30 Å². The number of hydrogen-bond acceptors (Lipinski definition) is 5. The highest BCUT2D eigenvalue weighted by molar-refractivity contribution is 5.88. The smallest absolute Gasteiger partial charge is 0.357 e. The van der Waals surface area contributed by atoms with Crippen molar-refractivity contribution in [2.45, 2.75) is 20.0 Å². The van der Waals surface area contributed by atoms with E-state index in [9.17, 15) is 4.79 Å². The first kappa shape index (κ1) is 16.4. The van der Waals surface area contributed by atoms with Crippen molar-refractivity contribution in [3.8, 4) is 11.8 Å². The van der Waals surface area contributed by atoms with Crippen molar-refractivity contribution < 1.29 is 9.53 Å². The van der Waals surface area contributed by atoms with Crippen molar-refractivity contribution in [2.75, 3.05) is 0 Å². The van der Waals surface area contributed by atoms with Crippen LogP contribution in [0.4, 0.5) is 0 Å². The van der Waals surface area contributed by atoms with Gasteiger partial charge in [-0.05, 0) is 43.7 Å². The first-order chi connectivity index (χ1) is 12.1. The van der Waals surface area contributed by atoms with E-state index in [1.807, 2.05) is 23.8 Å². The number of benzene rings is 1. The number of imidazole rings is 1. The van der Waals surface area contributed by atoms with Gasteiger partial charge in [-0.15, -0.1) is 0 Å². The second-order valence-electron chi connectivity index (χ2n) is 5.53. The van der Waals surface area contributed by atoms with E-state index in [2.05, 4.69) is 16.0 Å². The molecular weight excluding hydrogens is 316 g/mol. The molecule has 2 aromatic heterocycles. The number of pyridine rings is 1. The third kappa shape index (κ3) is 3.56. The van der Waals surface area contributed by atoms with Crippen molar-refractivity contribution in [2.24, 2.45) is 0 Å². The largest absolute Gasteiger partial charge is 0.453 e. The number of esters is 1. The number of aromatic nitrogens is 3. The molecule has 2 heterocycles. The summed E-state index contributed by atoms with van der Waals surface area (Å²) in [5, 5.41) is 8.97. The van der Waals surface area contributed by atoms with E-state index >= 15 is 0 Å². The summed E-state index contributed by atoms with van der Waals surface area (Å²) in [7, 11) is 0. The SMILES string of the molecule is Cc1nccn1-c1ccnc(C(=O)O[C@H](C)c2cccc(C#N)c2)c1. The van der Waals surface area contributed by atoms with Gasteiger partial charge in [-0.1, -0.05) is 12.1 Å². The number of nitrogens with zero attached hydrogens (tertiary/aromatic N) is 4. The standard InChI is InChI=1S/C19H16N4O2/c1-13(16-5-3-4-15(10-16)12-20)25-19(24)18-11-17(6-7-22-18)23-9-8-21-14(23)2/h3-11,13H,1-2H3/t13-/m1/s1. The molecule has 1 aromatic carbocycles. The molecule has 6 heteroatoms. The minimum Gasteiger partial charge on any atom is -0.453 e. The molecule has 0 saturated heterocycles. The van der Waals surface area contributed by atoms with Gasteiger partial charge in [0, 0.05) is 18.6 Å². The first-order valence-corrected chi connectivity index (χ1v) is 7.76. The lowest BCUT2D eigenvalue weighted by Crippen LogP contribution is -2.11. The number of carbonyl (C=O) groups is 1. The van der Waals surface area contributed by atoms with Crippen LogP contribution in [0.2, 0.25) is 0 Å². The molecule has 0 aliphatic carbocycles. The summed E-state index contributed by atoms with van der Waals surface area (Å²) in [5.74, 6) is 0.293. The fourth-order valence-electron chi connectivity index (χ4n) is 2.48. The summed E-state index contributed by atoms with van der Waals surface area (Å²) in [5.41, 5.74) is 2.29. The van der Waals surface area contributed by atoms with Gasteiger partial charge in [0.05, 0.1) is 17.3 Å². The predicted molar refractivity (Wildman–Crippen MR) is 91.1 cm³/mol. The summed E-state index contributed by atoms with van der Waals surface area (Å²) in [6.45, 7) is 3.64. The highest BCUT2D eigenvalue weighted by Crippen LogP contribution is 2.20. The average Bonchev–Trinajstić information content (AvgIpc) is 3.07. The van der Waals surface area contributed by atoms with Crippen LogP contribution in [-0.2, 0) is 4.74 Å². The molecule has 0 radical (unpaired) electrons. The van der Waals surface area contributed by atoms with Gasteiger partial charge in [-0.3, -0.25) is 0 Å². The van der Waals surface area contributed by atoms with Crippen molar-refractivity contribution in [3.63, 3.8) is 0 Å². The molecule has 3 rings (SSSR count). The molecule has 0 fully saturated rings. The quantitative estimate of drug-likeness (QED) is 0.684. The molecule has 25 heavy (non-hydrogen) atoms. The summed E-state index contributed by atoms with van der Waals surface area (Å²) in [4.78, 5) is 20.7. The maximum Gasteiger partial charge on any atom is 0.357 e. The average molecular weight is 332 g/mol. The Bertz CT molecular complexity index is 956. The Morgan fingerprint density at radius 2 is 2.08 bits per heavy atom. The van der Waals surface area contributed by atoms with Crippen LogP contribution in [0.15, 0.2) is 55.0 Å². The number of nitriles is 1. The van der Waals surface area contributed by atoms with E-state index in [1.54, 1.807) is 49.6 Å². The van der Waals surface area contributed by atoms with E-state index in [0.717, 1.165) is 17.1 Å². The van der Waals surface area contributed by atoms with Crippen molar-refractivity contribution >= 4 is 5.97 Å². The lowest BCUT2D eigenvalue weighted by molar-refractivity contribution is 0.0330. The van der Waals surface area contributed by atoms with Crippen LogP contribution in [0.1, 0.15) is 40.5 Å². The van der Waals surface area contributed by atoms with E-state index < -0.39 is 12.1 Å². The molecular formula is C19H16N4O2. The fraction of sp³-hybridized carbons (Fsp3) is 0.158. The molecule has 0 amide bonds. The lowest BCUT2D eigenvalue weighted by atomic mass is 10.1. The van der Waals surface area contributed by atoms with E-state index in [4.69, 9.17) is 10.00 Å². The van der Waals surface area contributed by atoms with Gasteiger partial charge >= 0.3 is 5.97 Å². The Morgan fingerprint density at radius 3 is 2.80 bits per heavy atom. The maximum absolute atomic E-state index is 12.4. The highest BCUT2D eigenvalue weighted by Gasteiger charge is 2.16. The minimum atomic E-state index is -0.519. The van der Waals surface area contributed by atoms with Gasteiger partial charge in [-0.25, -0.2) is 14.8 Å². The van der Waals surface area contributed by atoms with Crippen molar-refractivity contribution in [1.82, 2.24) is 14.5 Å². The second-order valence-corrected chi connectivity index (χ2v) is 5.53. The van der Waals surface area contributed by atoms with Crippen molar-refractivity contribution in [3.05, 3.63) is 77.6 Å². The summed E-state index contributed by atoms with van der Waals surface area (Å²) >= 11 is 0. The van der Waals surface area contributed by atoms with Crippen LogP contribution in [0.3, 0.4) is 0 Å². The predicted octanol–water partition coefficient (Wildman–Crippen LogP) is 3.37. The van der Waals surface area contributed by atoms with Gasteiger partial charge in [0.1, 0.15) is 17.6 Å². The van der Waals surface area contributed by atoms with Crippen LogP contribution >= 0.6 is 0 Å². The van der Waals surface area contributed by atoms with Crippen LogP contribution in [0.5, 0.6) is 0 Å². The molecule has 1 atom stereocenters. The van der Waals surface area contributed by atoms with E-state index in [1.165, 1.54) is 0 Å². The Kier molecular flexibility index (Phi) is 4.57. The van der Waals surface area contributed by atoms with Gasteiger partial charge in [-0.2, -0.15) is 5.26 Å². The number of hydrogen-bond donors (Lipinski definition) is 0. The zero-order valence-electron chi connectivity index (χ0n) is 13.9. The lowest BCUT2D eigenvalue weighted by Gasteiger charge is -2.14. The Hall–Kier alpha value is -3.46. The number of aryl methyl sites for hydroxylation is 1. The minimum absolute atomic E-state index is 0.217. The van der Waals surface area contributed by atoms with Crippen molar-refractivity contribution in [1.29, 1.82) is 5.26 Å². The number of rotatable bonds is 4. The van der Waals surface area contributed by atoms with E-state index in [0.29, 0.717) is 5.56 Å².